The maximum absolute atomic E-state index is 12.9. The standard InChI is InChI=1S/C51H95N2O7P/c1-6-8-10-12-14-16-18-20-21-22-23-24-25-26-27-28-29-30-31-32-34-36-38-40-42-44-50(55)52-48(47-60-61(57,58)59-46-45-53(3,4)5)51(56)49(54)43-41-39-37-35-33-19-17-15-13-11-9-7-2/h15,17-18,20,22-23,25-26,35,37,48-49,51,54,56H,6-14,16,19,21,24,27-34,36,38-47H2,1-5H3,(H-,52,55,57,58)/b17-15+,20-18-,23-22-,26-25-,37-35+. The third kappa shape index (κ3) is 43.2. The molecule has 4 unspecified atom stereocenters. The normalized spacial score (nSPS) is 15.2. The first-order valence-electron chi connectivity index (χ1n) is 24.7. The summed E-state index contributed by atoms with van der Waals surface area (Å²) in [6.07, 6.45) is 51.3. The van der Waals surface area contributed by atoms with Gasteiger partial charge in [-0.3, -0.25) is 9.36 Å². The van der Waals surface area contributed by atoms with Crippen LogP contribution in [0.1, 0.15) is 200 Å². The Bertz CT molecular complexity index is 1200. The molecule has 0 aromatic rings. The highest BCUT2D eigenvalue weighted by atomic mass is 31.2. The number of quaternary nitrogens is 1. The second-order valence-electron chi connectivity index (χ2n) is 17.9. The van der Waals surface area contributed by atoms with E-state index in [1.165, 1.54) is 96.3 Å². The summed E-state index contributed by atoms with van der Waals surface area (Å²) in [6.45, 7) is 4.35. The molecule has 0 rings (SSSR count). The number of hydrogen-bond donors (Lipinski definition) is 3. The molecule has 356 valence electrons. The lowest BCUT2D eigenvalue weighted by Crippen LogP contribution is -2.51. The summed E-state index contributed by atoms with van der Waals surface area (Å²) in [5.41, 5.74) is 0. The summed E-state index contributed by atoms with van der Waals surface area (Å²) in [5, 5.41) is 24.6. The first kappa shape index (κ1) is 59.2. The lowest BCUT2D eigenvalue weighted by Gasteiger charge is -2.31. The minimum absolute atomic E-state index is 0.0519. The Balaban J connectivity index is 4.37. The molecular weight excluding hydrogens is 784 g/mol. The molecule has 10 heteroatoms. The number of likely N-dealkylation sites (N-methyl/N-ethyl adjacent to an activating group) is 1. The van der Waals surface area contributed by atoms with Gasteiger partial charge in [-0.05, 0) is 89.9 Å². The zero-order chi connectivity index (χ0) is 45.1. The molecule has 0 bridgehead atoms. The maximum Gasteiger partial charge on any atom is 0.268 e. The predicted octanol–water partition coefficient (Wildman–Crippen LogP) is 12.5. The summed E-state index contributed by atoms with van der Waals surface area (Å²) in [4.78, 5) is 25.4. The van der Waals surface area contributed by atoms with E-state index < -0.39 is 32.7 Å². The Labute approximate surface area is 375 Å². The maximum atomic E-state index is 12.9. The van der Waals surface area contributed by atoms with Gasteiger partial charge in [-0.1, -0.05) is 164 Å². The molecule has 61 heavy (non-hydrogen) atoms. The molecule has 9 nitrogen and oxygen atoms in total. The molecule has 0 radical (unpaired) electrons. The van der Waals surface area contributed by atoms with Crippen molar-refractivity contribution in [3.8, 4) is 0 Å². The monoisotopic (exact) mass is 879 g/mol. The van der Waals surface area contributed by atoms with Crippen molar-refractivity contribution >= 4 is 13.7 Å². The molecule has 0 heterocycles. The minimum atomic E-state index is -4.68. The number of aliphatic hydroxyl groups excluding tert-OH is 2. The summed E-state index contributed by atoms with van der Waals surface area (Å²) < 4.78 is 23.1. The van der Waals surface area contributed by atoms with Gasteiger partial charge in [-0.2, -0.15) is 0 Å². The van der Waals surface area contributed by atoms with Crippen LogP contribution in [0.3, 0.4) is 0 Å². The van der Waals surface area contributed by atoms with Crippen LogP contribution in [-0.4, -0.2) is 79.8 Å². The van der Waals surface area contributed by atoms with Crippen molar-refractivity contribution in [3.63, 3.8) is 0 Å². The van der Waals surface area contributed by atoms with Gasteiger partial charge in [0.05, 0.1) is 39.9 Å². The number of rotatable bonds is 44. The van der Waals surface area contributed by atoms with E-state index in [4.69, 9.17) is 9.05 Å². The summed E-state index contributed by atoms with van der Waals surface area (Å²) >= 11 is 0. The molecule has 3 N–H and O–H groups in total. The molecule has 1 amide bonds. The largest absolute Gasteiger partial charge is 0.756 e. The van der Waals surface area contributed by atoms with Crippen molar-refractivity contribution in [3.05, 3.63) is 60.8 Å². The molecule has 0 aliphatic carbocycles. The van der Waals surface area contributed by atoms with Gasteiger partial charge in [-0.25, -0.2) is 0 Å². The van der Waals surface area contributed by atoms with Crippen molar-refractivity contribution in [1.82, 2.24) is 5.32 Å². The van der Waals surface area contributed by atoms with Crippen molar-refractivity contribution in [2.45, 2.75) is 218 Å². The van der Waals surface area contributed by atoms with Gasteiger partial charge in [0.2, 0.25) is 5.91 Å². The highest BCUT2D eigenvalue weighted by Crippen LogP contribution is 2.38. The van der Waals surface area contributed by atoms with Crippen LogP contribution in [-0.2, 0) is 18.4 Å². The fourth-order valence-corrected chi connectivity index (χ4v) is 7.53. The van der Waals surface area contributed by atoms with Gasteiger partial charge in [0.25, 0.3) is 7.82 Å². The number of phosphoric acid groups is 1. The number of allylic oxidation sites excluding steroid dienone is 10. The first-order chi connectivity index (χ1) is 29.4. The first-order valence-corrected chi connectivity index (χ1v) is 26.2. The molecular formula is C51H95N2O7P. The van der Waals surface area contributed by atoms with Crippen molar-refractivity contribution in [2.75, 3.05) is 40.9 Å². The van der Waals surface area contributed by atoms with Crippen molar-refractivity contribution in [1.29, 1.82) is 0 Å². The van der Waals surface area contributed by atoms with Gasteiger partial charge in [-0.15, -0.1) is 0 Å². The van der Waals surface area contributed by atoms with Crippen LogP contribution in [0.25, 0.3) is 0 Å². The van der Waals surface area contributed by atoms with Crippen LogP contribution in [0, 0.1) is 0 Å². The lowest BCUT2D eigenvalue weighted by atomic mass is 10.0. The molecule has 0 aliphatic heterocycles. The number of hydrogen-bond acceptors (Lipinski definition) is 7. The fourth-order valence-electron chi connectivity index (χ4n) is 6.81. The van der Waals surface area contributed by atoms with Crippen LogP contribution < -0.4 is 10.2 Å². The van der Waals surface area contributed by atoms with Crippen LogP contribution >= 0.6 is 7.82 Å². The Kier molecular flexibility index (Phi) is 40.9. The Morgan fingerprint density at radius 3 is 1.52 bits per heavy atom. The van der Waals surface area contributed by atoms with Gasteiger partial charge in [0.15, 0.2) is 0 Å². The third-order valence-corrected chi connectivity index (χ3v) is 11.8. The van der Waals surface area contributed by atoms with Crippen LogP contribution in [0.15, 0.2) is 60.8 Å². The van der Waals surface area contributed by atoms with E-state index in [1.54, 1.807) is 0 Å². The third-order valence-electron chi connectivity index (χ3n) is 10.8. The highest BCUT2D eigenvalue weighted by molar-refractivity contribution is 7.45. The number of carbonyl (C=O) groups excluding carboxylic acids is 1. The van der Waals surface area contributed by atoms with E-state index in [1.807, 2.05) is 21.1 Å². The number of phosphoric ester groups is 1. The quantitative estimate of drug-likeness (QED) is 0.0241. The number of carbonyl (C=O) groups is 1. The SMILES string of the molecule is CCCCC/C=C/CC/C=C/CCCC(O)C(O)C(COP(=O)([O-])OCC[N+](C)(C)C)NC(=O)CCCCCCCCCCCC/C=C\C/C=C\C/C=C\CCCCCCC. The van der Waals surface area contributed by atoms with Crippen LogP contribution in [0.4, 0.5) is 0 Å². The average Bonchev–Trinajstić information content (AvgIpc) is 3.21. The van der Waals surface area contributed by atoms with E-state index in [9.17, 15) is 24.5 Å². The number of nitrogens with one attached hydrogen (secondary N) is 1. The fraction of sp³-hybridized carbons (Fsp3) is 0.784. The van der Waals surface area contributed by atoms with Crippen molar-refractivity contribution < 1.29 is 38.0 Å². The lowest BCUT2D eigenvalue weighted by molar-refractivity contribution is -0.870. The number of unbranched alkanes of at least 4 members (excludes halogenated alkanes) is 20. The molecule has 0 spiro atoms. The summed E-state index contributed by atoms with van der Waals surface area (Å²) in [7, 11) is 1.09. The molecule has 0 saturated heterocycles. The Morgan fingerprint density at radius 2 is 1.00 bits per heavy atom. The molecule has 0 aromatic heterocycles. The van der Waals surface area contributed by atoms with Crippen LogP contribution in [0.2, 0.25) is 0 Å². The smallest absolute Gasteiger partial charge is 0.268 e. The van der Waals surface area contributed by atoms with Gasteiger partial charge >= 0.3 is 0 Å². The Morgan fingerprint density at radius 1 is 0.590 bits per heavy atom. The van der Waals surface area contributed by atoms with Crippen LogP contribution in [0.5, 0.6) is 0 Å². The number of aliphatic hydroxyl groups is 2. The average molecular weight is 879 g/mol. The highest BCUT2D eigenvalue weighted by Gasteiger charge is 2.29. The van der Waals surface area contributed by atoms with E-state index in [2.05, 4.69) is 79.9 Å². The minimum Gasteiger partial charge on any atom is -0.756 e. The van der Waals surface area contributed by atoms with E-state index in [-0.39, 0.29) is 18.9 Å². The summed E-state index contributed by atoms with van der Waals surface area (Å²) in [6, 6.07) is -1.10. The predicted molar refractivity (Wildman–Crippen MR) is 257 cm³/mol. The zero-order valence-electron chi connectivity index (χ0n) is 40.0. The van der Waals surface area contributed by atoms with Gasteiger partial charge in [0.1, 0.15) is 19.3 Å². The topological polar surface area (TPSA) is 128 Å². The van der Waals surface area contributed by atoms with E-state index >= 15 is 0 Å². The molecule has 4 atom stereocenters. The van der Waals surface area contributed by atoms with Gasteiger partial charge in [0, 0.05) is 6.42 Å². The Hall–Kier alpha value is -1.84. The number of nitrogens with zero attached hydrogens (tertiary/aromatic N) is 1. The van der Waals surface area contributed by atoms with Crippen molar-refractivity contribution in [2.24, 2.45) is 0 Å². The number of amides is 1. The summed E-state index contributed by atoms with van der Waals surface area (Å²) in [5.74, 6) is -0.299. The van der Waals surface area contributed by atoms with E-state index in [0.717, 1.165) is 64.2 Å². The zero-order valence-corrected chi connectivity index (χ0v) is 40.9. The molecule has 0 aliphatic rings. The second kappa shape index (κ2) is 42.1. The van der Waals surface area contributed by atoms with Gasteiger partial charge < -0.3 is 34.0 Å². The molecule has 0 aromatic carbocycles. The second-order valence-corrected chi connectivity index (χ2v) is 19.3. The molecule has 0 fully saturated rings. The van der Waals surface area contributed by atoms with E-state index in [0.29, 0.717) is 30.3 Å². The molecule has 0 saturated carbocycles.